The molecule has 3 rings (SSSR count). The van der Waals surface area contributed by atoms with Crippen molar-refractivity contribution in [2.75, 3.05) is 40.3 Å². The van der Waals surface area contributed by atoms with Crippen molar-refractivity contribution in [3.05, 3.63) is 46.0 Å². The monoisotopic (exact) mass is 460 g/mol. The molecule has 1 aromatic heterocycles. The zero-order chi connectivity index (χ0) is 20.3. The van der Waals surface area contributed by atoms with Crippen molar-refractivity contribution in [1.29, 1.82) is 0 Å². The molecule has 168 valence electrons. The zero-order valence-electron chi connectivity index (χ0n) is 17.9. The first-order valence-corrected chi connectivity index (χ1v) is 9.73. The number of ether oxygens (including phenoxy) is 1. The number of rotatable bonds is 6. The number of benzene rings is 1. The second-order valence-electron chi connectivity index (χ2n) is 7.86. The molecule has 9 heteroatoms. The average molecular weight is 461 g/mol. The van der Waals surface area contributed by atoms with Gasteiger partial charge in [-0.3, -0.25) is 9.69 Å². The fourth-order valence-electron chi connectivity index (χ4n) is 3.39. The van der Waals surface area contributed by atoms with Crippen LogP contribution in [0.5, 0.6) is 5.75 Å². The Labute approximate surface area is 189 Å². The summed E-state index contributed by atoms with van der Waals surface area (Å²) in [5.74, 6) is 0.0329. The lowest BCUT2D eigenvalue weighted by atomic mass is 10.1. The lowest BCUT2D eigenvalue weighted by molar-refractivity contribution is 0.147. The molecule has 0 unspecified atom stereocenters. The summed E-state index contributed by atoms with van der Waals surface area (Å²) in [6.45, 7) is 9.04. The van der Waals surface area contributed by atoms with Gasteiger partial charge in [-0.15, -0.1) is 24.8 Å². The fraction of sp³-hybridized carbons (Fsp3) is 0.524. The van der Waals surface area contributed by atoms with Crippen molar-refractivity contribution in [2.45, 2.75) is 26.9 Å². The highest BCUT2D eigenvalue weighted by Gasteiger charge is 2.18. The second-order valence-corrected chi connectivity index (χ2v) is 7.86. The van der Waals surface area contributed by atoms with E-state index in [1.807, 2.05) is 13.8 Å². The number of hydrogen-bond donors (Lipinski definition) is 0. The van der Waals surface area contributed by atoms with Crippen LogP contribution in [0.2, 0.25) is 0 Å². The molecule has 1 saturated heterocycles. The first-order chi connectivity index (χ1) is 13.4. The van der Waals surface area contributed by atoms with E-state index >= 15 is 0 Å². The van der Waals surface area contributed by atoms with Crippen molar-refractivity contribution >= 4 is 24.8 Å². The molecular formula is C21H31Cl2FN4O2. The maximum atomic E-state index is 14.2. The smallest absolute Gasteiger partial charge is 0.271 e. The van der Waals surface area contributed by atoms with Crippen LogP contribution in [0.3, 0.4) is 0 Å². The number of nitrogens with zero attached hydrogens (tertiary/aromatic N) is 4. The Hall–Kier alpha value is -1.67. The van der Waals surface area contributed by atoms with Crippen molar-refractivity contribution in [1.82, 2.24) is 19.6 Å². The van der Waals surface area contributed by atoms with Crippen LogP contribution in [0.4, 0.5) is 4.39 Å². The Morgan fingerprint density at radius 3 is 2.37 bits per heavy atom. The molecule has 1 fully saturated rings. The van der Waals surface area contributed by atoms with Gasteiger partial charge in [0.15, 0.2) is 11.6 Å². The van der Waals surface area contributed by atoms with E-state index in [1.54, 1.807) is 18.2 Å². The molecule has 0 radical (unpaired) electrons. The number of halogens is 3. The summed E-state index contributed by atoms with van der Waals surface area (Å²) in [7, 11) is 3.54. The van der Waals surface area contributed by atoms with Crippen LogP contribution in [-0.2, 0) is 13.1 Å². The van der Waals surface area contributed by atoms with Gasteiger partial charge >= 0.3 is 0 Å². The van der Waals surface area contributed by atoms with Gasteiger partial charge in [-0.1, -0.05) is 13.8 Å². The number of methoxy groups -OCH3 is 1. The maximum Gasteiger partial charge on any atom is 0.271 e. The molecule has 30 heavy (non-hydrogen) atoms. The van der Waals surface area contributed by atoms with Gasteiger partial charge in [-0.25, -0.2) is 9.07 Å². The normalized spacial score (nSPS) is 14.9. The summed E-state index contributed by atoms with van der Waals surface area (Å²) < 4.78 is 20.7. The standard InChI is InChI=1S/C21H29FN4O2.2ClH/c1-15(2)13-26-21(27)17(14-25-9-7-24(3)8-10-25)12-19(23-26)16-5-6-20(28-4)18(22)11-16;;/h5-6,11-12,15H,7-10,13-14H2,1-4H3;2*1H. The molecule has 0 saturated carbocycles. The minimum Gasteiger partial charge on any atom is -0.494 e. The molecule has 0 N–H and O–H groups in total. The Morgan fingerprint density at radius 1 is 1.13 bits per heavy atom. The van der Waals surface area contributed by atoms with Crippen LogP contribution in [0.15, 0.2) is 29.1 Å². The number of hydrogen-bond acceptors (Lipinski definition) is 5. The minimum absolute atomic E-state index is 0. The first-order valence-electron chi connectivity index (χ1n) is 9.73. The van der Waals surface area contributed by atoms with Gasteiger partial charge in [0, 0.05) is 50.4 Å². The molecular weight excluding hydrogens is 430 g/mol. The number of aromatic nitrogens is 2. The molecule has 1 aromatic carbocycles. The molecule has 0 amide bonds. The quantitative estimate of drug-likeness (QED) is 0.661. The molecule has 0 bridgehead atoms. The highest BCUT2D eigenvalue weighted by Crippen LogP contribution is 2.24. The molecule has 1 aliphatic heterocycles. The Morgan fingerprint density at radius 2 is 1.80 bits per heavy atom. The van der Waals surface area contributed by atoms with E-state index in [9.17, 15) is 9.18 Å². The van der Waals surface area contributed by atoms with Crippen LogP contribution in [-0.4, -0.2) is 59.9 Å². The van der Waals surface area contributed by atoms with E-state index < -0.39 is 5.82 Å². The highest BCUT2D eigenvalue weighted by atomic mass is 35.5. The van der Waals surface area contributed by atoms with E-state index in [0.717, 1.165) is 26.2 Å². The number of likely N-dealkylation sites (N-methyl/N-ethyl adjacent to an activating group) is 1. The van der Waals surface area contributed by atoms with Gasteiger partial charge in [0.05, 0.1) is 12.8 Å². The summed E-state index contributed by atoms with van der Waals surface area (Å²) in [6.07, 6.45) is 0. The van der Waals surface area contributed by atoms with E-state index in [2.05, 4.69) is 21.9 Å². The molecule has 0 spiro atoms. The van der Waals surface area contributed by atoms with Crippen LogP contribution in [0.1, 0.15) is 19.4 Å². The van der Waals surface area contributed by atoms with Gasteiger partial charge < -0.3 is 9.64 Å². The predicted octanol–water partition coefficient (Wildman–Crippen LogP) is 3.31. The third-order valence-electron chi connectivity index (χ3n) is 5.02. The van der Waals surface area contributed by atoms with Gasteiger partial charge in [-0.2, -0.15) is 5.10 Å². The number of piperazine rings is 1. The fourth-order valence-corrected chi connectivity index (χ4v) is 3.39. The van der Waals surface area contributed by atoms with Gasteiger partial charge in [0.1, 0.15) is 0 Å². The van der Waals surface area contributed by atoms with E-state index in [-0.39, 0.29) is 42.0 Å². The Bertz CT molecular complexity index is 884. The van der Waals surface area contributed by atoms with E-state index in [1.165, 1.54) is 17.9 Å². The summed E-state index contributed by atoms with van der Waals surface area (Å²) in [5.41, 5.74) is 1.87. The summed E-state index contributed by atoms with van der Waals surface area (Å²) in [4.78, 5) is 17.5. The zero-order valence-corrected chi connectivity index (χ0v) is 19.6. The first kappa shape index (κ1) is 26.4. The van der Waals surface area contributed by atoms with Crippen LogP contribution in [0, 0.1) is 11.7 Å². The van der Waals surface area contributed by atoms with Crippen LogP contribution >= 0.6 is 24.8 Å². The van der Waals surface area contributed by atoms with Gasteiger partial charge in [-0.05, 0) is 37.2 Å². The summed E-state index contributed by atoms with van der Waals surface area (Å²) in [6, 6.07) is 6.57. The molecule has 0 aliphatic carbocycles. The third kappa shape index (κ3) is 6.41. The Kier molecular flexibility index (Phi) is 10.2. The predicted molar refractivity (Wildman–Crippen MR) is 123 cm³/mol. The highest BCUT2D eigenvalue weighted by molar-refractivity contribution is 5.85. The lowest BCUT2D eigenvalue weighted by Crippen LogP contribution is -2.45. The van der Waals surface area contributed by atoms with E-state index in [0.29, 0.717) is 29.9 Å². The van der Waals surface area contributed by atoms with Crippen molar-refractivity contribution in [3.63, 3.8) is 0 Å². The Balaban J connectivity index is 0.00000225. The van der Waals surface area contributed by atoms with Crippen molar-refractivity contribution in [3.8, 4) is 17.0 Å². The minimum atomic E-state index is -0.441. The van der Waals surface area contributed by atoms with E-state index in [4.69, 9.17) is 4.74 Å². The van der Waals surface area contributed by atoms with Crippen LogP contribution in [0.25, 0.3) is 11.3 Å². The molecule has 1 aliphatic rings. The van der Waals surface area contributed by atoms with Crippen molar-refractivity contribution in [2.24, 2.45) is 5.92 Å². The topological polar surface area (TPSA) is 50.6 Å². The summed E-state index contributed by atoms with van der Waals surface area (Å²) in [5, 5.41) is 4.52. The average Bonchev–Trinajstić information content (AvgIpc) is 2.66. The van der Waals surface area contributed by atoms with Crippen LogP contribution < -0.4 is 10.3 Å². The van der Waals surface area contributed by atoms with Gasteiger partial charge in [0.25, 0.3) is 5.56 Å². The maximum absolute atomic E-state index is 14.2. The molecule has 6 nitrogen and oxygen atoms in total. The summed E-state index contributed by atoms with van der Waals surface area (Å²) >= 11 is 0. The molecule has 2 aromatic rings. The largest absolute Gasteiger partial charge is 0.494 e. The van der Waals surface area contributed by atoms with Crippen molar-refractivity contribution < 1.29 is 9.13 Å². The SMILES string of the molecule is COc1ccc(-c2cc(CN3CCN(C)CC3)c(=O)n(CC(C)C)n2)cc1F.Cl.Cl. The second kappa shape index (κ2) is 11.6. The third-order valence-corrected chi connectivity index (χ3v) is 5.02. The molecule has 0 atom stereocenters. The van der Waals surface area contributed by atoms with Gasteiger partial charge in [0.2, 0.25) is 0 Å². The molecule has 2 heterocycles. The lowest BCUT2D eigenvalue weighted by Gasteiger charge is -2.32.